The van der Waals surface area contributed by atoms with E-state index in [1.165, 1.54) is 36.4 Å². The first kappa shape index (κ1) is 19.4. The van der Waals surface area contributed by atoms with Crippen molar-refractivity contribution >= 4 is 34.9 Å². The van der Waals surface area contributed by atoms with Crippen LogP contribution in [0.15, 0.2) is 48.5 Å². The summed E-state index contributed by atoms with van der Waals surface area (Å²) in [5, 5.41) is 14.9. The molecule has 25 heavy (non-hydrogen) atoms. The fraction of sp³-hybridized carbons (Fsp3) is 0.188. The Balaban J connectivity index is 2.10. The number of urea groups is 1. The molecule has 134 valence electrons. The zero-order valence-corrected chi connectivity index (χ0v) is 14.1. The van der Waals surface area contributed by atoms with E-state index in [9.17, 15) is 23.1 Å². The Hall–Kier alpha value is -1.96. The van der Waals surface area contributed by atoms with Gasteiger partial charge in [-0.1, -0.05) is 53.5 Å². The lowest BCUT2D eigenvalue weighted by Gasteiger charge is -2.31. The summed E-state index contributed by atoms with van der Waals surface area (Å²) in [6.45, 7) is -1.06. The molecule has 2 rings (SSSR count). The quantitative estimate of drug-likeness (QED) is 0.713. The molecule has 9 heteroatoms. The molecule has 0 bridgehead atoms. The molecule has 1 unspecified atom stereocenters. The number of amides is 2. The maximum absolute atomic E-state index is 13.3. The normalized spacial score (nSPS) is 13.8. The van der Waals surface area contributed by atoms with Gasteiger partial charge < -0.3 is 15.7 Å². The minimum absolute atomic E-state index is 0.176. The summed E-state index contributed by atoms with van der Waals surface area (Å²) in [4.78, 5) is 11.8. The predicted octanol–water partition coefficient (Wildman–Crippen LogP) is 4.57. The first-order valence-electron chi connectivity index (χ1n) is 6.98. The number of alkyl halides is 3. The second-order valence-corrected chi connectivity index (χ2v) is 5.98. The molecule has 0 aromatic heterocycles. The summed E-state index contributed by atoms with van der Waals surface area (Å²) in [7, 11) is 0. The third kappa shape index (κ3) is 4.56. The number of carbonyl (C=O) groups is 1. The van der Waals surface area contributed by atoms with E-state index in [0.29, 0.717) is 0 Å². The molecule has 0 aliphatic heterocycles. The molecular formula is C16H13Cl2F3N2O2. The predicted molar refractivity (Wildman–Crippen MR) is 89.9 cm³/mol. The highest BCUT2D eigenvalue weighted by molar-refractivity contribution is 6.42. The molecule has 0 radical (unpaired) electrons. The van der Waals surface area contributed by atoms with E-state index in [0.717, 1.165) is 12.1 Å². The maximum atomic E-state index is 13.3. The Morgan fingerprint density at radius 2 is 1.68 bits per heavy atom. The third-order valence-electron chi connectivity index (χ3n) is 3.40. The second kappa shape index (κ2) is 7.51. The van der Waals surface area contributed by atoms with E-state index in [4.69, 9.17) is 23.2 Å². The summed E-state index contributed by atoms with van der Waals surface area (Å²) in [6.07, 6.45) is -4.98. The Bertz CT molecular complexity index is 757. The van der Waals surface area contributed by atoms with Crippen molar-refractivity contribution in [3.8, 4) is 0 Å². The molecule has 3 N–H and O–H groups in total. The van der Waals surface area contributed by atoms with Gasteiger partial charge in [0.1, 0.15) is 0 Å². The number of halogens is 5. The average molecular weight is 393 g/mol. The molecule has 4 nitrogen and oxygen atoms in total. The van der Waals surface area contributed by atoms with Crippen LogP contribution in [0.3, 0.4) is 0 Å². The van der Waals surface area contributed by atoms with E-state index in [1.807, 2.05) is 5.32 Å². The molecule has 0 spiro atoms. The minimum atomic E-state index is -4.98. The van der Waals surface area contributed by atoms with E-state index in [1.54, 1.807) is 0 Å². The number of carbonyl (C=O) groups excluding carboxylic acids is 1. The number of aliphatic hydroxyl groups is 1. The summed E-state index contributed by atoms with van der Waals surface area (Å²) < 4.78 is 39.9. The van der Waals surface area contributed by atoms with Crippen molar-refractivity contribution in [2.75, 3.05) is 11.9 Å². The van der Waals surface area contributed by atoms with Crippen LogP contribution in [0.1, 0.15) is 5.56 Å². The van der Waals surface area contributed by atoms with Gasteiger partial charge in [-0.25, -0.2) is 4.79 Å². The van der Waals surface area contributed by atoms with E-state index in [2.05, 4.69) is 5.32 Å². The van der Waals surface area contributed by atoms with Crippen LogP contribution < -0.4 is 10.6 Å². The highest BCUT2D eigenvalue weighted by atomic mass is 35.5. The standard InChI is InChI=1S/C16H13Cl2F3N2O2/c17-12-7-6-11(8-13(12)18)23-14(24)22-9-15(25,16(19,20)21)10-4-2-1-3-5-10/h1-8,25H,9H2,(H2,22,23,24). The molecule has 0 saturated heterocycles. The SMILES string of the molecule is O=C(NCC(O)(c1ccccc1)C(F)(F)F)Nc1ccc(Cl)c(Cl)c1. The van der Waals surface area contributed by atoms with Gasteiger partial charge in [0.25, 0.3) is 0 Å². The molecule has 2 aromatic rings. The van der Waals surface area contributed by atoms with Crippen LogP contribution in [0.25, 0.3) is 0 Å². The van der Waals surface area contributed by atoms with Gasteiger partial charge >= 0.3 is 12.2 Å². The average Bonchev–Trinajstić information content (AvgIpc) is 2.56. The Morgan fingerprint density at radius 3 is 2.24 bits per heavy atom. The molecule has 0 aliphatic rings. The lowest BCUT2D eigenvalue weighted by Crippen LogP contribution is -2.51. The number of nitrogens with one attached hydrogen (secondary N) is 2. The topological polar surface area (TPSA) is 61.4 Å². The number of rotatable bonds is 4. The highest BCUT2D eigenvalue weighted by Crippen LogP contribution is 2.38. The second-order valence-electron chi connectivity index (χ2n) is 5.16. The summed E-state index contributed by atoms with van der Waals surface area (Å²) in [5.74, 6) is 0. The molecule has 0 saturated carbocycles. The van der Waals surface area contributed by atoms with Crippen molar-refractivity contribution in [2.45, 2.75) is 11.8 Å². The van der Waals surface area contributed by atoms with Crippen LogP contribution in [-0.2, 0) is 5.60 Å². The first-order chi connectivity index (χ1) is 11.6. The fourth-order valence-corrected chi connectivity index (χ4v) is 2.34. The molecule has 1 atom stereocenters. The van der Waals surface area contributed by atoms with Gasteiger partial charge in [-0.05, 0) is 23.8 Å². The van der Waals surface area contributed by atoms with Crippen LogP contribution in [0.2, 0.25) is 10.0 Å². The smallest absolute Gasteiger partial charge is 0.375 e. The first-order valence-corrected chi connectivity index (χ1v) is 7.73. The number of hydrogen-bond donors (Lipinski definition) is 3. The van der Waals surface area contributed by atoms with Crippen molar-refractivity contribution in [1.82, 2.24) is 5.32 Å². The molecule has 0 aliphatic carbocycles. The summed E-state index contributed by atoms with van der Waals surface area (Å²) >= 11 is 11.5. The Kier molecular flexibility index (Phi) is 5.82. The molecular weight excluding hydrogens is 380 g/mol. The number of anilines is 1. The van der Waals surface area contributed by atoms with Crippen molar-refractivity contribution in [2.24, 2.45) is 0 Å². The van der Waals surface area contributed by atoms with Gasteiger partial charge in [0.05, 0.1) is 16.6 Å². The van der Waals surface area contributed by atoms with Crippen LogP contribution in [0.4, 0.5) is 23.7 Å². The molecule has 0 heterocycles. The van der Waals surface area contributed by atoms with Gasteiger partial charge in [0.2, 0.25) is 5.60 Å². The van der Waals surface area contributed by atoms with Gasteiger partial charge in [-0.2, -0.15) is 13.2 Å². The number of hydrogen-bond acceptors (Lipinski definition) is 2. The third-order valence-corrected chi connectivity index (χ3v) is 4.14. The fourth-order valence-electron chi connectivity index (χ4n) is 2.04. The lowest BCUT2D eigenvalue weighted by molar-refractivity contribution is -0.263. The van der Waals surface area contributed by atoms with Gasteiger partial charge in [0, 0.05) is 5.69 Å². The monoisotopic (exact) mass is 392 g/mol. The van der Waals surface area contributed by atoms with Crippen molar-refractivity contribution in [3.05, 3.63) is 64.1 Å². The molecule has 2 aromatic carbocycles. The van der Waals surface area contributed by atoms with Crippen LogP contribution in [-0.4, -0.2) is 23.9 Å². The largest absolute Gasteiger partial charge is 0.423 e. The highest BCUT2D eigenvalue weighted by Gasteiger charge is 2.55. The molecule has 0 fully saturated rings. The summed E-state index contributed by atoms with van der Waals surface area (Å²) in [6, 6.07) is 9.77. The number of benzene rings is 2. The van der Waals surface area contributed by atoms with E-state index in [-0.39, 0.29) is 21.3 Å². The Labute approximate surface area is 151 Å². The van der Waals surface area contributed by atoms with Gasteiger partial charge in [-0.15, -0.1) is 0 Å². The zero-order chi connectivity index (χ0) is 18.7. The Morgan fingerprint density at radius 1 is 1.04 bits per heavy atom. The van der Waals surface area contributed by atoms with Crippen LogP contribution >= 0.6 is 23.2 Å². The van der Waals surface area contributed by atoms with Crippen molar-refractivity contribution in [1.29, 1.82) is 0 Å². The van der Waals surface area contributed by atoms with Crippen molar-refractivity contribution < 1.29 is 23.1 Å². The van der Waals surface area contributed by atoms with Gasteiger partial charge in [0.15, 0.2) is 0 Å². The maximum Gasteiger partial charge on any atom is 0.423 e. The van der Waals surface area contributed by atoms with Crippen LogP contribution in [0.5, 0.6) is 0 Å². The zero-order valence-electron chi connectivity index (χ0n) is 12.6. The molecule has 2 amide bonds. The van der Waals surface area contributed by atoms with E-state index < -0.39 is 24.4 Å². The minimum Gasteiger partial charge on any atom is -0.375 e. The van der Waals surface area contributed by atoms with E-state index >= 15 is 0 Å². The van der Waals surface area contributed by atoms with Crippen molar-refractivity contribution in [3.63, 3.8) is 0 Å². The summed E-state index contributed by atoms with van der Waals surface area (Å²) in [5.41, 5.74) is -3.36. The lowest BCUT2D eigenvalue weighted by atomic mass is 9.93. The van der Waals surface area contributed by atoms with Crippen LogP contribution in [0, 0.1) is 0 Å². The van der Waals surface area contributed by atoms with Gasteiger partial charge in [-0.3, -0.25) is 0 Å².